The second-order valence-electron chi connectivity index (χ2n) is 4.27. The maximum absolute atomic E-state index is 4.42. The number of nitrogens with zero attached hydrogens (tertiary/aromatic N) is 2. The quantitative estimate of drug-likeness (QED) is 0.667. The molecule has 0 saturated carbocycles. The van der Waals surface area contributed by atoms with Crippen molar-refractivity contribution >= 4 is 16.7 Å². The van der Waals surface area contributed by atoms with Crippen molar-refractivity contribution in [3.05, 3.63) is 23.8 Å². The van der Waals surface area contributed by atoms with Gasteiger partial charge in [0.05, 0.1) is 11.6 Å². The van der Waals surface area contributed by atoms with Gasteiger partial charge in [-0.05, 0) is 11.6 Å². The monoisotopic (exact) mass is 200 g/mol. The Kier molecular flexibility index (Phi) is 1.29. The van der Waals surface area contributed by atoms with Gasteiger partial charge in [0.1, 0.15) is 0 Å². The Bertz CT molecular complexity index is 530. The number of anilines is 1. The molecule has 1 unspecified atom stereocenters. The van der Waals surface area contributed by atoms with Gasteiger partial charge in [-0.1, -0.05) is 12.1 Å². The lowest BCUT2D eigenvalue weighted by Crippen LogP contribution is -2.48. The van der Waals surface area contributed by atoms with Crippen LogP contribution in [0, 0.1) is 0 Å². The standard InChI is InChI=1S/C11H12N4/c1-2-7-9-6-15(5-4-12-9)11-10(7)8(3-1)13-14-11/h1-3,9,12H,4-6H2,(H,13,14). The minimum absolute atomic E-state index is 0.479. The lowest BCUT2D eigenvalue weighted by Gasteiger charge is -2.38. The molecule has 4 nitrogen and oxygen atoms in total. The number of hydrogen-bond donors (Lipinski definition) is 2. The number of rotatable bonds is 0. The molecule has 2 aliphatic heterocycles. The molecule has 2 N–H and O–H groups in total. The van der Waals surface area contributed by atoms with Gasteiger partial charge in [0, 0.05) is 25.0 Å². The van der Waals surface area contributed by atoms with Crippen LogP contribution in [0.5, 0.6) is 0 Å². The molecule has 3 heterocycles. The molecular weight excluding hydrogens is 188 g/mol. The van der Waals surface area contributed by atoms with Crippen LogP contribution in [-0.2, 0) is 0 Å². The fraction of sp³-hybridized carbons (Fsp3) is 0.364. The summed E-state index contributed by atoms with van der Waals surface area (Å²) in [5, 5.41) is 12.4. The van der Waals surface area contributed by atoms with Gasteiger partial charge in [-0.3, -0.25) is 5.10 Å². The van der Waals surface area contributed by atoms with Gasteiger partial charge in [0.2, 0.25) is 0 Å². The molecule has 2 bridgehead atoms. The van der Waals surface area contributed by atoms with Crippen molar-refractivity contribution in [3.63, 3.8) is 0 Å². The second kappa shape index (κ2) is 2.52. The van der Waals surface area contributed by atoms with E-state index in [9.17, 15) is 0 Å². The van der Waals surface area contributed by atoms with Crippen LogP contribution < -0.4 is 10.2 Å². The van der Waals surface area contributed by atoms with Crippen LogP contribution in [-0.4, -0.2) is 29.8 Å². The van der Waals surface area contributed by atoms with E-state index in [1.165, 1.54) is 10.9 Å². The molecule has 2 aliphatic rings. The number of nitrogens with one attached hydrogen (secondary N) is 2. The Labute approximate surface area is 87.3 Å². The van der Waals surface area contributed by atoms with Crippen LogP contribution in [0.25, 0.3) is 10.9 Å². The van der Waals surface area contributed by atoms with Gasteiger partial charge < -0.3 is 10.2 Å². The van der Waals surface area contributed by atoms with Crippen molar-refractivity contribution in [2.45, 2.75) is 6.04 Å². The Morgan fingerprint density at radius 1 is 1.40 bits per heavy atom. The SMILES string of the molecule is c1cc2c3c(n[nH]c3c1)N1CCNC2C1. The van der Waals surface area contributed by atoms with E-state index in [4.69, 9.17) is 0 Å². The third-order valence-electron chi connectivity index (χ3n) is 3.45. The highest BCUT2D eigenvalue weighted by molar-refractivity contribution is 5.95. The normalized spacial score (nSPS) is 23.5. The first-order valence-corrected chi connectivity index (χ1v) is 5.39. The summed E-state index contributed by atoms with van der Waals surface area (Å²) < 4.78 is 0. The van der Waals surface area contributed by atoms with Gasteiger partial charge in [0.15, 0.2) is 5.82 Å². The molecule has 15 heavy (non-hydrogen) atoms. The van der Waals surface area contributed by atoms with Gasteiger partial charge in [-0.15, -0.1) is 0 Å². The van der Waals surface area contributed by atoms with E-state index in [-0.39, 0.29) is 0 Å². The largest absolute Gasteiger partial charge is 0.351 e. The Hall–Kier alpha value is -1.55. The van der Waals surface area contributed by atoms with Crippen LogP contribution in [0.4, 0.5) is 5.82 Å². The topological polar surface area (TPSA) is 44.0 Å². The first kappa shape index (κ1) is 7.70. The van der Waals surface area contributed by atoms with E-state index in [2.05, 4.69) is 38.6 Å². The zero-order valence-electron chi connectivity index (χ0n) is 8.33. The highest BCUT2D eigenvalue weighted by atomic mass is 15.3. The van der Waals surface area contributed by atoms with Crippen molar-refractivity contribution < 1.29 is 0 Å². The number of fused-ring (bicyclic) bond motifs is 4. The fourth-order valence-electron chi connectivity index (χ4n) is 2.75. The summed E-state index contributed by atoms with van der Waals surface area (Å²) in [6.07, 6.45) is 0. The third-order valence-corrected chi connectivity index (χ3v) is 3.45. The average Bonchev–Trinajstić information content (AvgIpc) is 2.72. The molecule has 1 atom stereocenters. The van der Waals surface area contributed by atoms with Crippen LogP contribution >= 0.6 is 0 Å². The van der Waals surface area contributed by atoms with E-state index in [1.54, 1.807) is 0 Å². The van der Waals surface area contributed by atoms with Crippen molar-refractivity contribution in [1.29, 1.82) is 0 Å². The summed E-state index contributed by atoms with van der Waals surface area (Å²) in [5.41, 5.74) is 2.55. The van der Waals surface area contributed by atoms with E-state index in [0.717, 1.165) is 31.0 Å². The van der Waals surface area contributed by atoms with Crippen molar-refractivity contribution in [2.24, 2.45) is 0 Å². The first-order chi connectivity index (χ1) is 7.43. The molecule has 2 aromatic rings. The highest BCUT2D eigenvalue weighted by Gasteiger charge is 2.31. The van der Waals surface area contributed by atoms with E-state index < -0.39 is 0 Å². The van der Waals surface area contributed by atoms with E-state index >= 15 is 0 Å². The summed E-state index contributed by atoms with van der Waals surface area (Å²) in [6, 6.07) is 6.89. The predicted molar refractivity (Wildman–Crippen MR) is 59.1 cm³/mol. The Morgan fingerprint density at radius 2 is 2.40 bits per heavy atom. The molecule has 76 valence electrons. The van der Waals surface area contributed by atoms with Gasteiger partial charge in [-0.2, -0.15) is 5.10 Å². The highest BCUT2D eigenvalue weighted by Crippen LogP contribution is 2.37. The zero-order valence-corrected chi connectivity index (χ0v) is 8.33. The maximum Gasteiger partial charge on any atom is 0.158 e. The Morgan fingerprint density at radius 3 is 3.40 bits per heavy atom. The smallest absolute Gasteiger partial charge is 0.158 e. The summed E-state index contributed by atoms with van der Waals surface area (Å²) in [6.45, 7) is 3.16. The fourth-order valence-corrected chi connectivity index (χ4v) is 2.75. The molecule has 0 amide bonds. The summed E-state index contributed by atoms with van der Waals surface area (Å²) in [5.74, 6) is 1.14. The van der Waals surface area contributed by atoms with E-state index in [0.29, 0.717) is 6.04 Å². The van der Waals surface area contributed by atoms with Crippen LogP contribution in [0.3, 0.4) is 0 Å². The number of benzene rings is 1. The van der Waals surface area contributed by atoms with Gasteiger partial charge >= 0.3 is 0 Å². The van der Waals surface area contributed by atoms with Crippen LogP contribution in [0.2, 0.25) is 0 Å². The van der Waals surface area contributed by atoms with Crippen molar-refractivity contribution in [2.75, 3.05) is 24.5 Å². The molecule has 0 spiro atoms. The lowest BCUT2D eigenvalue weighted by atomic mass is 9.96. The molecule has 4 rings (SSSR count). The summed E-state index contributed by atoms with van der Waals surface area (Å²) in [4.78, 5) is 2.37. The number of aromatic nitrogens is 2. The molecule has 4 heteroatoms. The molecule has 0 aliphatic carbocycles. The lowest BCUT2D eigenvalue weighted by molar-refractivity contribution is 0.465. The predicted octanol–water partition coefficient (Wildman–Crippen LogP) is 1.03. The summed E-state index contributed by atoms with van der Waals surface area (Å²) in [7, 11) is 0. The molecule has 1 aromatic carbocycles. The number of piperazine rings is 1. The maximum atomic E-state index is 4.42. The second-order valence-corrected chi connectivity index (χ2v) is 4.27. The average molecular weight is 200 g/mol. The van der Waals surface area contributed by atoms with Gasteiger partial charge in [0.25, 0.3) is 0 Å². The molecule has 1 fully saturated rings. The zero-order chi connectivity index (χ0) is 9.83. The first-order valence-electron chi connectivity index (χ1n) is 5.39. The molecule has 1 saturated heterocycles. The number of hydrogen-bond acceptors (Lipinski definition) is 3. The van der Waals surface area contributed by atoms with E-state index in [1.807, 2.05) is 0 Å². The molecule has 1 aromatic heterocycles. The van der Waals surface area contributed by atoms with Crippen molar-refractivity contribution in [3.8, 4) is 0 Å². The number of H-pyrrole nitrogens is 1. The molecule has 0 radical (unpaired) electrons. The Balaban J connectivity index is 2.12. The minimum Gasteiger partial charge on any atom is -0.351 e. The summed E-state index contributed by atoms with van der Waals surface area (Å²) >= 11 is 0. The van der Waals surface area contributed by atoms with Crippen molar-refractivity contribution in [1.82, 2.24) is 15.5 Å². The van der Waals surface area contributed by atoms with Crippen LogP contribution in [0.15, 0.2) is 18.2 Å². The van der Waals surface area contributed by atoms with Gasteiger partial charge in [-0.25, -0.2) is 0 Å². The minimum atomic E-state index is 0.479. The molecular formula is C11H12N4. The van der Waals surface area contributed by atoms with Crippen LogP contribution in [0.1, 0.15) is 11.6 Å². The third kappa shape index (κ3) is 0.874. The number of aromatic amines is 1.